The van der Waals surface area contributed by atoms with Crippen LogP contribution in [0.15, 0.2) is 0 Å². The first-order valence-corrected chi connectivity index (χ1v) is 6.34. The monoisotopic (exact) mass is 225 g/mol. The van der Waals surface area contributed by atoms with E-state index in [0.29, 0.717) is 18.2 Å². The molecule has 2 aliphatic heterocycles. The van der Waals surface area contributed by atoms with Crippen LogP contribution < -0.4 is 0 Å². The SMILES string of the molecule is CC1CN(C(=O)CCN2CCN(C)CC2)C1. The summed E-state index contributed by atoms with van der Waals surface area (Å²) in [6, 6.07) is 0. The Labute approximate surface area is 98.2 Å². The smallest absolute Gasteiger partial charge is 0.223 e. The van der Waals surface area contributed by atoms with Gasteiger partial charge in [-0.3, -0.25) is 4.79 Å². The number of hydrogen-bond donors (Lipinski definition) is 0. The molecule has 0 unspecified atom stereocenters. The Morgan fingerprint density at radius 2 is 1.81 bits per heavy atom. The van der Waals surface area contributed by atoms with Crippen LogP contribution in [0.3, 0.4) is 0 Å². The molecular formula is C12H23N3O. The van der Waals surface area contributed by atoms with E-state index < -0.39 is 0 Å². The van der Waals surface area contributed by atoms with Crippen molar-refractivity contribution in [2.45, 2.75) is 13.3 Å². The lowest BCUT2D eigenvalue weighted by Gasteiger charge is -2.38. The predicted octanol–water partition coefficient (Wildman–Crippen LogP) is 0.102. The minimum atomic E-state index is 0.344. The van der Waals surface area contributed by atoms with Gasteiger partial charge in [0.25, 0.3) is 0 Å². The van der Waals surface area contributed by atoms with E-state index in [-0.39, 0.29) is 0 Å². The standard InChI is InChI=1S/C12H23N3O/c1-11-9-15(10-11)12(16)3-4-14-7-5-13(2)6-8-14/h11H,3-10H2,1-2H3. The van der Waals surface area contributed by atoms with Gasteiger partial charge in [-0.2, -0.15) is 0 Å². The fourth-order valence-electron chi connectivity index (χ4n) is 2.39. The fraction of sp³-hybridized carbons (Fsp3) is 0.917. The quantitative estimate of drug-likeness (QED) is 0.682. The van der Waals surface area contributed by atoms with Gasteiger partial charge in [0.15, 0.2) is 0 Å². The van der Waals surface area contributed by atoms with Gasteiger partial charge in [-0.15, -0.1) is 0 Å². The second-order valence-electron chi connectivity index (χ2n) is 5.30. The Morgan fingerprint density at radius 3 is 2.38 bits per heavy atom. The van der Waals surface area contributed by atoms with Gasteiger partial charge in [-0.25, -0.2) is 0 Å². The molecule has 0 aliphatic carbocycles. The van der Waals surface area contributed by atoms with Crippen LogP contribution in [0.25, 0.3) is 0 Å². The van der Waals surface area contributed by atoms with Crippen molar-refractivity contribution >= 4 is 5.91 Å². The van der Waals surface area contributed by atoms with E-state index in [1.807, 2.05) is 4.90 Å². The molecule has 0 radical (unpaired) electrons. The lowest BCUT2D eigenvalue weighted by atomic mass is 10.0. The van der Waals surface area contributed by atoms with Crippen LogP contribution in [0, 0.1) is 5.92 Å². The maximum atomic E-state index is 11.8. The number of likely N-dealkylation sites (N-methyl/N-ethyl adjacent to an activating group) is 1. The van der Waals surface area contributed by atoms with Crippen molar-refractivity contribution in [3.8, 4) is 0 Å². The van der Waals surface area contributed by atoms with Crippen molar-refractivity contribution in [1.82, 2.24) is 14.7 Å². The van der Waals surface area contributed by atoms with E-state index in [2.05, 4.69) is 23.8 Å². The Hall–Kier alpha value is -0.610. The summed E-state index contributed by atoms with van der Waals surface area (Å²) in [7, 11) is 2.16. The number of piperazine rings is 1. The molecule has 4 nitrogen and oxygen atoms in total. The molecule has 0 aromatic carbocycles. The molecule has 16 heavy (non-hydrogen) atoms. The molecule has 0 spiro atoms. The van der Waals surface area contributed by atoms with E-state index in [1.165, 1.54) is 0 Å². The highest BCUT2D eigenvalue weighted by Gasteiger charge is 2.27. The van der Waals surface area contributed by atoms with Crippen molar-refractivity contribution < 1.29 is 4.79 Å². The van der Waals surface area contributed by atoms with Gasteiger partial charge in [0.05, 0.1) is 0 Å². The molecule has 0 bridgehead atoms. The fourth-order valence-corrected chi connectivity index (χ4v) is 2.39. The summed E-state index contributed by atoms with van der Waals surface area (Å²) >= 11 is 0. The Kier molecular flexibility index (Phi) is 3.82. The van der Waals surface area contributed by atoms with Crippen LogP contribution in [0.2, 0.25) is 0 Å². The molecule has 2 fully saturated rings. The summed E-state index contributed by atoms with van der Waals surface area (Å²) in [4.78, 5) is 18.5. The first kappa shape index (κ1) is 11.9. The van der Waals surface area contributed by atoms with Gasteiger partial charge >= 0.3 is 0 Å². The summed E-state index contributed by atoms with van der Waals surface area (Å²) in [6.45, 7) is 9.58. The summed E-state index contributed by atoms with van der Waals surface area (Å²) in [5.41, 5.74) is 0. The third-order valence-corrected chi connectivity index (χ3v) is 3.65. The number of carbonyl (C=O) groups excluding carboxylic acids is 1. The number of likely N-dealkylation sites (tertiary alicyclic amines) is 1. The minimum Gasteiger partial charge on any atom is -0.342 e. The Morgan fingerprint density at radius 1 is 1.19 bits per heavy atom. The molecule has 2 aliphatic rings. The highest BCUT2D eigenvalue weighted by molar-refractivity contribution is 5.77. The van der Waals surface area contributed by atoms with Gasteiger partial charge in [0.1, 0.15) is 0 Å². The molecule has 2 saturated heterocycles. The molecule has 0 saturated carbocycles. The molecule has 92 valence electrons. The summed E-state index contributed by atoms with van der Waals surface area (Å²) < 4.78 is 0. The van der Waals surface area contributed by atoms with Crippen LogP contribution in [0.5, 0.6) is 0 Å². The second-order valence-corrected chi connectivity index (χ2v) is 5.30. The van der Waals surface area contributed by atoms with Crippen molar-refractivity contribution in [2.24, 2.45) is 5.92 Å². The molecule has 2 rings (SSSR count). The minimum absolute atomic E-state index is 0.344. The zero-order valence-corrected chi connectivity index (χ0v) is 10.5. The summed E-state index contributed by atoms with van der Waals surface area (Å²) in [5.74, 6) is 1.06. The van der Waals surface area contributed by atoms with Crippen LogP contribution in [-0.4, -0.2) is 73.5 Å². The van der Waals surface area contributed by atoms with Crippen molar-refractivity contribution in [3.05, 3.63) is 0 Å². The first-order valence-electron chi connectivity index (χ1n) is 6.34. The zero-order valence-electron chi connectivity index (χ0n) is 10.5. The Balaban J connectivity index is 1.62. The highest BCUT2D eigenvalue weighted by Crippen LogP contribution is 2.15. The molecule has 4 heteroatoms. The van der Waals surface area contributed by atoms with E-state index in [9.17, 15) is 4.79 Å². The number of rotatable bonds is 3. The van der Waals surface area contributed by atoms with Gasteiger partial charge in [-0.05, 0) is 13.0 Å². The molecule has 0 aromatic rings. The molecule has 0 N–H and O–H groups in total. The lowest BCUT2D eigenvalue weighted by Crippen LogP contribution is -2.50. The summed E-state index contributed by atoms with van der Waals surface area (Å²) in [5, 5.41) is 0. The normalized spacial score (nSPS) is 24.5. The van der Waals surface area contributed by atoms with Crippen molar-refractivity contribution in [1.29, 1.82) is 0 Å². The van der Waals surface area contributed by atoms with Crippen LogP contribution in [0.4, 0.5) is 0 Å². The molecule has 0 aromatic heterocycles. The van der Waals surface area contributed by atoms with E-state index >= 15 is 0 Å². The van der Waals surface area contributed by atoms with Crippen molar-refractivity contribution in [2.75, 3.05) is 52.9 Å². The maximum Gasteiger partial charge on any atom is 0.223 e. The van der Waals surface area contributed by atoms with Crippen LogP contribution in [-0.2, 0) is 4.79 Å². The average Bonchev–Trinajstić information content (AvgIpc) is 2.24. The number of hydrogen-bond acceptors (Lipinski definition) is 3. The lowest BCUT2D eigenvalue weighted by molar-refractivity contribution is -0.137. The topological polar surface area (TPSA) is 26.8 Å². The van der Waals surface area contributed by atoms with Crippen LogP contribution in [0.1, 0.15) is 13.3 Å². The third-order valence-electron chi connectivity index (χ3n) is 3.65. The van der Waals surface area contributed by atoms with E-state index in [1.54, 1.807) is 0 Å². The molecular weight excluding hydrogens is 202 g/mol. The Bertz CT molecular complexity index is 243. The van der Waals surface area contributed by atoms with Crippen molar-refractivity contribution in [3.63, 3.8) is 0 Å². The average molecular weight is 225 g/mol. The van der Waals surface area contributed by atoms with Gasteiger partial charge in [0.2, 0.25) is 5.91 Å². The van der Waals surface area contributed by atoms with Gasteiger partial charge in [0, 0.05) is 52.2 Å². The number of amides is 1. The number of carbonyl (C=O) groups is 1. The number of nitrogens with zero attached hydrogens (tertiary/aromatic N) is 3. The zero-order chi connectivity index (χ0) is 11.5. The first-order chi connectivity index (χ1) is 7.65. The maximum absolute atomic E-state index is 11.8. The van der Waals surface area contributed by atoms with E-state index in [4.69, 9.17) is 0 Å². The van der Waals surface area contributed by atoms with Gasteiger partial charge in [-0.1, -0.05) is 6.92 Å². The molecule has 2 heterocycles. The highest BCUT2D eigenvalue weighted by atomic mass is 16.2. The third kappa shape index (κ3) is 2.95. The van der Waals surface area contributed by atoms with Crippen LogP contribution >= 0.6 is 0 Å². The largest absolute Gasteiger partial charge is 0.342 e. The molecule has 0 atom stereocenters. The second kappa shape index (κ2) is 5.15. The summed E-state index contributed by atoms with van der Waals surface area (Å²) in [6.07, 6.45) is 0.705. The predicted molar refractivity (Wildman–Crippen MR) is 64.3 cm³/mol. The molecule has 1 amide bonds. The van der Waals surface area contributed by atoms with E-state index in [0.717, 1.165) is 45.8 Å². The van der Waals surface area contributed by atoms with Gasteiger partial charge < -0.3 is 14.7 Å².